The number of nitrogens with zero attached hydrogens (tertiary/aromatic N) is 4. The van der Waals surface area contributed by atoms with Crippen LogP contribution in [0.5, 0.6) is 0 Å². The van der Waals surface area contributed by atoms with E-state index in [4.69, 9.17) is 16.3 Å². The molecule has 0 spiro atoms. The van der Waals surface area contributed by atoms with Crippen LogP contribution in [0.25, 0.3) is 10.9 Å². The van der Waals surface area contributed by atoms with E-state index in [1.165, 1.54) is 24.5 Å². The summed E-state index contributed by atoms with van der Waals surface area (Å²) >= 11 is 5.92. The zero-order valence-electron chi connectivity index (χ0n) is 22.4. The van der Waals surface area contributed by atoms with Gasteiger partial charge < -0.3 is 10.1 Å². The lowest BCUT2D eigenvalue weighted by atomic mass is 10.0. The second kappa shape index (κ2) is 12.0. The molecule has 3 aromatic rings. The van der Waals surface area contributed by atoms with Gasteiger partial charge in [-0.15, -0.1) is 0 Å². The van der Waals surface area contributed by atoms with E-state index in [0.717, 1.165) is 39.0 Å². The van der Waals surface area contributed by atoms with Crippen LogP contribution in [0.3, 0.4) is 0 Å². The fourth-order valence-electron chi connectivity index (χ4n) is 4.35. The molecule has 0 unspecified atom stereocenters. The van der Waals surface area contributed by atoms with E-state index < -0.39 is 21.4 Å². The standard InChI is InChI=1S/C27H32ClFN6O3S/c1-27(2,35-11-9-34(10-12-35)13-14-38-3)8-7-19-15-25-21(17-24(19)33-39(4,36)37)26(31-18-30-25)32-20-5-6-23(29)22(28)16-20/h5-6,15-18,33H,9-14H2,1-4H3,(H,30,31,32). The number of methoxy groups -OCH3 is 1. The number of rotatable bonds is 8. The van der Waals surface area contributed by atoms with E-state index in [9.17, 15) is 12.8 Å². The predicted octanol–water partition coefficient (Wildman–Crippen LogP) is 3.93. The first kappa shape index (κ1) is 29.0. The minimum atomic E-state index is -3.60. The molecule has 208 valence electrons. The molecule has 39 heavy (non-hydrogen) atoms. The number of benzene rings is 2. The molecule has 0 aliphatic carbocycles. The summed E-state index contributed by atoms with van der Waals surface area (Å²) in [6.07, 6.45) is 2.48. The first-order valence-corrected chi connectivity index (χ1v) is 14.7. The van der Waals surface area contributed by atoms with E-state index in [-0.39, 0.29) is 5.02 Å². The van der Waals surface area contributed by atoms with Crippen molar-refractivity contribution in [2.45, 2.75) is 19.4 Å². The summed E-state index contributed by atoms with van der Waals surface area (Å²) in [5.74, 6) is 6.42. The zero-order chi connectivity index (χ0) is 28.2. The quantitative estimate of drug-likeness (QED) is 0.391. The summed E-state index contributed by atoms with van der Waals surface area (Å²) in [7, 11) is -1.89. The molecule has 2 heterocycles. The molecule has 1 aromatic heterocycles. The zero-order valence-corrected chi connectivity index (χ0v) is 24.0. The van der Waals surface area contributed by atoms with Crippen LogP contribution < -0.4 is 10.0 Å². The lowest BCUT2D eigenvalue weighted by Crippen LogP contribution is -2.54. The number of piperazine rings is 1. The molecule has 1 saturated heterocycles. The van der Waals surface area contributed by atoms with Gasteiger partial charge >= 0.3 is 0 Å². The number of aromatic nitrogens is 2. The van der Waals surface area contributed by atoms with Crippen LogP contribution in [0, 0.1) is 17.7 Å². The molecule has 0 amide bonds. The molecule has 0 atom stereocenters. The Balaban J connectivity index is 1.66. The Bertz CT molecular complexity index is 1520. The van der Waals surface area contributed by atoms with E-state index in [2.05, 4.69) is 55.5 Å². The van der Waals surface area contributed by atoms with Gasteiger partial charge in [-0.25, -0.2) is 22.8 Å². The van der Waals surface area contributed by atoms with Crippen LogP contribution in [0.15, 0.2) is 36.7 Å². The van der Waals surface area contributed by atoms with Gasteiger partial charge in [0.25, 0.3) is 0 Å². The van der Waals surface area contributed by atoms with Crippen molar-refractivity contribution in [2.75, 3.05) is 62.7 Å². The summed E-state index contributed by atoms with van der Waals surface area (Å²) in [6.45, 7) is 9.33. The predicted molar refractivity (Wildman–Crippen MR) is 154 cm³/mol. The Morgan fingerprint density at radius 1 is 1.15 bits per heavy atom. The summed E-state index contributed by atoms with van der Waals surface area (Å²) in [5.41, 5.74) is 1.45. The van der Waals surface area contributed by atoms with E-state index in [0.29, 0.717) is 40.3 Å². The third-order valence-electron chi connectivity index (χ3n) is 6.53. The Labute approximate surface area is 233 Å². The van der Waals surface area contributed by atoms with Gasteiger partial charge in [-0.3, -0.25) is 14.5 Å². The molecule has 9 nitrogen and oxygen atoms in total. The van der Waals surface area contributed by atoms with Crippen LogP contribution in [-0.4, -0.2) is 86.4 Å². The monoisotopic (exact) mass is 574 g/mol. The molecular weight excluding hydrogens is 543 g/mol. The highest BCUT2D eigenvalue weighted by Crippen LogP contribution is 2.30. The SMILES string of the molecule is COCCN1CCN(C(C)(C)C#Cc2cc3ncnc(Nc4ccc(F)c(Cl)c4)c3cc2NS(C)(=O)=O)CC1. The maximum Gasteiger partial charge on any atom is 0.229 e. The smallest absolute Gasteiger partial charge is 0.229 e. The number of nitrogens with one attached hydrogen (secondary N) is 2. The number of halogens is 2. The van der Waals surface area contributed by atoms with Gasteiger partial charge in [0.1, 0.15) is 18.0 Å². The first-order valence-electron chi connectivity index (χ1n) is 12.4. The van der Waals surface area contributed by atoms with Crippen molar-refractivity contribution in [1.29, 1.82) is 0 Å². The number of ether oxygens (including phenoxy) is 1. The number of anilines is 3. The Hall–Kier alpha value is -3.01. The van der Waals surface area contributed by atoms with Crippen molar-refractivity contribution in [3.63, 3.8) is 0 Å². The molecular formula is C27H32ClFN6O3S. The number of hydrogen-bond donors (Lipinski definition) is 2. The van der Waals surface area contributed by atoms with Crippen LogP contribution >= 0.6 is 11.6 Å². The highest BCUT2D eigenvalue weighted by Gasteiger charge is 2.28. The maximum absolute atomic E-state index is 13.6. The number of hydrogen-bond acceptors (Lipinski definition) is 8. The van der Waals surface area contributed by atoms with Crippen molar-refractivity contribution < 1.29 is 17.5 Å². The van der Waals surface area contributed by atoms with Crippen molar-refractivity contribution in [1.82, 2.24) is 19.8 Å². The Morgan fingerprint density at radius 2 is 1.90 bits per heavy atom. The van der Waals surface area contributed by atoms with Gasteiger partial charge in [-0.1, -0.05) is 23.4 Å². The second-order valence-electron chi connectivity index (χ2n) is 9.90. The third-order valence-corrected chi connectivity index (χ3v) is 7.41. The highest BCUT2D eigenvalue weighted by atomic mass is 35.5. The Kier molecular flexibility index (Phi) is 8.93. The molecule has 0 radical (unpaired) electrons. The van der Waals surface area contributed by atoms with E-state index >= 15 is 0 Å². The molecule has 1 fully saturated rings. The molecule has 12 heteroatoms. The lowest BCUT2D eigenvalue weighted by molar-refractivity contribution is 0.0638. The molecule has 1 aliphatic heterocycles. The second-order valence-corrected chi connectivity index (χ2v) is 12.1. The molecule has 4 rings (SSSR count). The van der Waals surface area contributed by atoms with E-state index in [1.807, 2.05) is 0 Å². The average molecular weight is 575 g/mol. The Morgan fingerprint density at radius 3 is 2.56 bits per heavy atom. The van der Waals surface area contributed by atoms with Crippen molar-refractivity contribution in [3.8, 4) is 11.8 Å². The van der Waals surface area contributed by atoms with E-state index in [1.54, 1.807) is 19.2 Å². The molecule has 1 aliphatic rings. The van der Waals surface area contributed by atoms with Crippen LogP contribution in [-0.2, 0) is 14.8 Å². The maximum atomic E-state index is 13.6. The third kappa shape index (κ3) is 7.56. The van der Waals surface area contributed by atoms with Gasteiger partial charge in [0.2, 0.25) is 10.0 Å². The minimum Gasteiger partial charge on any atom is -0.383 e. The first-order chi connectivity index (χ1) is 18.4. The molecule has 0 bridgehead atoms. The van der Waals surface area contributed by atoms with Crippen LogP contribution in [0.4, 0.5) is 21.6 Å². The molecule has 0 saturated carbocycles. The van der Waals surface area contributed by atoms with Gasteiger partial charge in [0, 0.05) is 50.9 Å². The number of fused-ring (bicyclic) bond motifs is 1. The van der Waals surface area contributed by atoms with Gasteiger partial charge in [-0.2, -0.15) is 0 Å². The normalized spacial score (nSPS) is 15.1. The van der Waals surface area contributed by atoms with Crippen molar-refractivity contribution >= 4 is 49.7 Å². The molecule has 2 aromatic carbocycles. The van der Waals surface area contributed by atoms with Crippen LogP contribution in [0.2, 0.25) is 5.02 Å². The molecule has 2 N–H and O–H groups in total. The van der Waals surface area contributed by atoms with Crippen LogP contribution in [0.1, 0.15) is 19.4 Å². The summed E-state index contributed by atoms with van der Waals surface area (Å²) in [6, 6.07) is 7.61. The summed E-state index contributed by atoms with van der Waals surface area (Å²) < 4.78 is 45.8. The minimum absolute atomic E-state index is 0.0330. The largest absolute Gasteiger partial charge is 0.383 e. The van der Waals surface area contributed by atoms with Crippen molar-refractivity contribution in [3.05, 3.63) is 53.1 Å². The summed E-state index contributed by atoms with van der Waals surface area (Å²) in [5, 5.41) is 3.63. The average Bonchev–Trinajstić information content (AvgIpc) is 2.88. The number of sulfonamides is 1. The van der Waals surface area contributed by atoms with Gasteiger partial charge in [0.05, 0.1) is 40.2 Å². The topological polar surface area (TPSA) is 99.7 Å². The van der Waals surface area contributed by atoms with Gasteiger partial charge in [0.15, 0.2) is 0 Å². The fraction of sp³-hybridized carbons (Fsp3) is 0.407. The lowest BCUT2D eigenvalue weighted by Gasteiger charge is -2.41. The fourth-order valence-corrected chi connectivity index (χ4v) is 5.10. The van der Waals surface area contributed by atoms with Gasteiger partial charge in [-0.05, 0) is 44.2 Å². The summed E-state index contributed by atoms with van der Waals surface area (Å²) in [4.78, 5) is 13.4. The van der Waals surface area contributed by atoms with Crippen molar-refractivity contribution in [2.24, 2.45) is 0 Å². The highest BCUT2D eigenvalue weighted by molar-refractivity contribution is 7.92.